The van der Waals surface area contributed by atoms with Gasteiger partial charge in [-0.1, -0.05) is 26.0 Å². The molecule has 1 aromatic heterocycles. The van der Waals surface area contributed by atoms with E-state index in [0.29, 0.717) is 11.4 Å². The van der Waals surface area contributed by atoms with Gasteiger partial charge in [-0.2, -0.15) is 5.10 Å². The highest BCUT2D eigenvalue weighted by Gasteiger charge is 2.14. The Kier molecular flexibility index (Phi) is 5.20. The highest BCUT2D eigenvalue weighted by Crippen LogP contribution is 2.17. The molecule has 0 saturated heterocycles. The summed E-state index contributed by atoms with van der Waals surface area (Å²) in [4.78, 5) is 12.4. The number of aromatic amines is 1. The van der Waals surface area contributed by atoms with Crippen LogP contribution in [-0.2, 0) is 27.5 Å². The first-order valence-electron chi connectivity index (χ1n) is 7.52. The number of benzene rings is 1. The van der Waals surface area contributed by atoms with Crippen LogP contribution in [-0.4, -0.2) is 30.3 Å². The van der Waals surface area contributed by atoms with E-state index in [1.165, 1.54) is 0 Å². The summed E-state index contributed by atoms with van der Waals surface area (Å²) in [5, 5.41) is 9.73. The molecule has 0 fully saturated rings. The van der Waals surface area contributed by atoms with Gasteiger partial charge in [0.15, 0.2) is 15.7 Å². The maximum Gasteiger partial charge on any atom is 0.230 e. The Morgan fingerprint density at radius 2 is 2.04 bits per heavy atom. The Hall–Kier alpha value is -2.15. The molecule has 124 valence electrons. The molecule has 2 rings (SSSR count). The van der Waals surface area contributed by atoms with Gasteiger partial charge in [-0.25, -0.2) is 8.42 Å². The highest BCUT2D eigenvalue weighted by atomic mass is 32.2. The molecule has 0 aliphatic rings. The largest absolute Gasteiger partial charge is 0.309 e. The Bertz CT molecular complexity index is 810. The third-order valence-corrected chi connectivity index (χ3v) is 5.46. The average Bonchev–Trinajstić information content (AvgIpc) is 2.87. The Morgan fingerprint density at radius 3 is 2.65 bits per heavy atom. The molecule has 7 heteroatoms. The van der Waals surface area contributed by atoms with E-state index in [0.717, 1.165) is 17.7 Å². The molecular formula is C16H21N3O3S. The minimum Gasteiger partial charge on any atom is -0.309 e. The van der Waals surface area contributed by atoms with E-state index in [4.69, 9.17) is 0 Å². The summed E-state index contributed by atoms with van der Waals surface area (Å²) in [6, 6.07) is 6.49. The number of amides is 1. The van der Waals surface area contributed by atoms with Crippen molar-refractivity contribution >= 4 is 21.6 Å². The highest BCUT2D eigenvalue weighted by molar-refractivity contribution is 7.91. The van der Waals surface area contributed by atoms with E-state index in [9.17, 15) is 13.2 Å². The van der Waals surface area contributed by atoms with Crippen LogP contribution in [0.4, 0.5) is 5.82 Å². The number of hydrogen-bond acceptors (Lipinski definition) is 4. The molecule has 1 aromatic carbocycles. The van der Waals surface area contributed by atoms with Gasteiger partial charge in [0.25, 0.3) is 0 Å². The van der Waals surface area contributed by atoms with Crippen LogP contribution in [0.25, 0.3) is 0 Å². The third-order valence-electron chi connectivity index (χ3n) is 3.72. The number of nitrogens with zero attached hydrogens (tertiary/aromatic N) is 1. The number of carbonyl (C=O) groups excluding carboxylic acids is 1. The summed E-state index contributed by atoms with van der Waals surface area (Å²) >= 11 is 0. The van der Waals surface area contributed by atoms with Crippen molar-refractivity contribution in [3.63, 3.8) is 0 Å². The maximum absolute atomic E-state index is 12.1. The molecule has 0 radical (unpaired) electrons. The zero-order chi connectivity index (χ0) is 17.0. The van der Waals surface area contributed by atoms with Gasteiger partial charge in [-0.05, 0) is 31.0 Å². The van der Waals surface area contributed by atoms with Crippen LogP contribution in [0.5, 0.6) is 0 Å². The van der Waals surface area contributed by atoms with E-state index in [1.54, 1.807) is 31.2 Å². The summed E-state index contributed by atoms with van der Waals surface area (Å²) in [6.45, 7) is 5.50. The lowest BCUT2D eigenvalue weighted by atomic mass is 10.1. The van der Waals surface area contributed by atoms with Crippen molar-refractivity contribution in [1.29, 1.82) is 0 Å². The predicted octanol–water partition coefficient (Wildman–Crippen LogP) is 2.26. The lowest BCUT2D eigenvalue weighted by Crippen LogP contribution is -2.15. The van der Waals surface area contributed by atoms with E-state index < -0.39 is 9.84 Å². The van der Waals surface area contributed by atoms with Crippen molar-refractivity contribution in [2.45, 2.75) is 38.5 Å². The van der Waals surface area contributed by atoms with E-state index in [1.807, 2.05) is 13.8 Å². The number of sulfone groups is 1. The van der Waals surface area contributed by atoms with Gasteiger partial charge in [0.05, 0.1) is 17.1 Å². The second kappa shape index (κ2) is 6.95. The molecular weight excluding hydrogens is 314 g/mol. The first-order chi connectivity index (χ1) is 10.9. The quantitative estimate of drug-likeness (QED) is 0.847. The lowest BCUT2D eigenvalue weighted by Gasteiger charge is -2.06. The molecule has 0 saturated carbocycles. The topological polar surface area (TPSA) is 91.9 Å². The number of rotatable bonds is 6. The van der Waals surface area contributed by atoms with Gasteiger partial charge in [-0.3, -0.25) is 9.89 Å². The lowest BCUT2D eigenvalue weighted by molar-refractivity contribution is -0.115. The van der Waals surface area contributed by atoms with Crippen molar-refractivity contribution in [3.05, 3.63) is 41.1 Å². The number of aromatic nitrogens is 2. The van der Waals surface area contributed by atoms with Gasteiger partial charge in [0, 0.05) is 11.3 Å². The number of aryl methyl sites for hydroxylation is 1. The maximum atomic E-state index is 12.1. The zero-order valence-corrected chi connectivity index (χ0v) is 14.3. The van der Waals surface area contributed by atoms with Gasteiger partial charge in [-0.15, -0.1) is 0 Å². The van der Waals surface area contributed by atoms with Crippen molar-refractivity contribution in [1.82, 2.24) is 10.2 Å². The number of nitrogens with one attached hydrogen (secondary N) is 2. The molecule has 1 amide bonds. The predicted molar refractivity (Wildman–Crippen MR) is 89.2 cm³/mol. The Morgan fingerprint density at radius 1 is 1.30 bits per heavy atom. The van der Waals surface area contributed by atoms with Gasteiger partial charge >= 0.3 is 0 Å². The third kappa shape index (κ3) is 3.98. The second-order valence-electron chi connectivity index (χ2n) is 5.31. The summed E-state index contributed by atoms with van der Waals surface area (Å²) in [5.41, 5.74) is 2.56. The van der Waals surface area contributed by atoms with Gasteiger partial charge < -0.3 is 5.32 Å². The first kappa shape index (κ1) is 17.2. The number of carbonyl (C=O) groups is 1. The fourth-order valence-corrected chi connectivity index (χ4v) is 3.23. The van der Waals surface area contributed by atoms with Gasteiger partial charge in [0.1, 0.15) is 0 Å². The van der Waals surface area contributed by atoms with Crippen molar-refractivity contribution in [3.8, 4) is 0 Å². The molecule has 0 aliphatic heterocycles. The molecule has 0 bridgehead atoms. The van der Waals surface area contributed by atoms with Crippen molar-refractivity contribution < 1.29 is 13.2 Å². The van der Waals surface area contributed by atoms with E-state index in [-0.39, 0.29) is 23.0 Å². The molecule has 2 N–H and O–H groups in total. The number of anilines is 1. The van der Waals surface area contributed by atoms with Gasteiger partial charge in [0.2, 0.25) is 5.91 Å². The molecule has 0 aliphatic carbocycles. The molecule has 0 unspecified atom stereocenters. The summed E-state index contributed by atoms with van der Waals surface area (Å²) in [5.74, 6) is 0.326. The minimum absolute atomic E-state index is 0.0366. The van der Waals surface area contributed by atoms with E-state index in [2.05, 4.69) is 15.5 Å². The normalized spacial score (nSPS) is 11.4. The smallest absolute Gasteiger partial charge is 0.230 e. The fraction of sp³-hybridized carbons (Fsp3) is 0.375. The van der Waals surface area contributed by atoms with Crippen LogP contribution in [0.3, 0.4) is 0 Å². The minimum atomic E-state index is -3.27. The zero-order valence-electron chi connectivity index (χ0n) is 13.5. The molecule has 0 spiro atoms. The summed E-state index contributed by atoms with van der Waals surface area (Å²) in [6.07, 6.45) is 0.909. The monoisotopic (exact) mass is 335 g/mol. The molecule has 6 nitrogen and oxygen atoms in total. The number of H-pyrrole nitrogens is 1. The van der Waals surface area contributed by atoms with Crippen LogP contribution < -0.4 is 5.32 Å². The van der Waals surface area contributed by atoms with Crippen LogP contribution >= 0.6 is 0 Å². The molecule has 1 heterocycles. The second-order valence-corrected chi connectivity index (χ2v) is 7.58. The molecule has 0 atom stereocenters. The Labute approximate surface area is 136 Å². The van der Waals surface area contributed by atoms with Crippen molar-refractivity contribution in [2.75, 3.05) is 11.1 Å². The average molecular weight is 335 g/mol. The summed E-state index contributed by atoms with van der Waals surface area (Å²) in [7, 11) is -3.27. The SMILES string of the molecule is CCc1[nH]nc(NC(=O)Cc2cccc(S(=O)(=O)CC)c2)c1C. The van der Waals surface area contributed by atoms with Crippen LogP contribution in [0, 0.1) is 6.92 Å². The standard InChI is InChI=1S/C16H21N3O3S/c1-4-14-11(3)16(19-18-14)17-15(20)10-12-7-6-8-13(9-12)23(21,22)5-2/h6-9H,4-5,10H2,1-3H3,(H2,17,18,19,20). The fourth-order valence-electron chi connectivity index (χ4n) is 2.28. The molecule has 23 heavy (non-hydrogen) atoms. The van der Waals surface area contributed by atoms with Crippen LogP contribution in [0.1, 0.15) is 30.7 Å². The van der Waals surface area contributed by atoms with E-state index >= 15 is 0 Å². The van der Waals surface area contributed by atoms with Crippen molar-refractivity contribution in [2.24, 2.45) is 0 Å². The van der Waals surface area contributed by atoms with Crippen LogP contribution in [0.15, 0.2) is 29.2 Å². The molecule has 2 aromatic rings. The Balaban J connectivity index is 2.11. The number of hydrogen-bond donors (Lipinski definition) is 2. The summed E-state index contributed by atoms with van der Waals surface area (Å²) < 4.78 is 23.8. The first-order valence-corrected chi connectivity index (χ1v) is 9.18. The van der Waals surface area contributed by atoms with Crippen LogP contribution in [0.2, 0.25) is 0 Å².